The van der Waals surface area contributed by atoms with Crippen LogP contribution in [-0.4, -0.2) is 17.9 Å². The molecule has 0 aliphatic rings. The molecule has 2 rings (SSSR count). The number of hydrogen-bond donors (Lipinski definition) is 2. The van der Waals surface area contributed by atoms with Crippen LogP contribution in [0.3, 0.4) is 0 Å². The summed E-state index contributed by atoms with van der Waals surface area (Å²) in [5, 5.41) is 0. The first-order valence-corrected chi connectivity index (χ1v) is 10.2. The number of halogens is 1. The molecule has 0 saturated carbocycles. The summed E-state index contributed by atoms with van der Waals surface area (Å²) in [4.78, 5) is 24.7. The Hall–Kier alpha value is -2.09. The normalized spacial score (nSPS) is 12.7. The molecule has 2 atom stereocenters. The van der Waals surface area contributed by atoms with Gasteiger partial charge in [0.25, 0.3) is 11.8 Å². The van der Waals surface area contributed by atoms with Crippen molar-refractivity contribution in [3.8, 4) is 5.75 Å². The fraction of sp³-hybridized carbons (Fsp3) is 0.333. The maximum absolute atomic E-state index is 12.5. The van der Waals surface area contributed by atoms with Gasteiger partial charge in [0.2, 0.25) is 0 Å². The van der Waals surface area contributed by atoms with Crippen LogP contribution in [0.25, 0.3) is 0 Å². The summed E-state index contributed by atoms with van der Waals surface area (Å²) in [5.41, 5.74) is 6.53. The average molecular weight is 480 g/mol. The van der Waals surface area contributed by atoms with Crippen molar-refractivity contribution >= 4 is 34.4 Å². The standard InChI is InChI=1S/C21H25IN2O3/c1-4-14(3)15-10-7-9-13-19(15)27-18(5-2)21(26)24-23-20(25)16-11-6-8-12-17(16)22/h6-14,18H,4-5H2,1-3H3,(H,23,25)(H,24,26). The molecule has 144 valence electrons. The van der Waals surface area contributed by atoms with Crippen LogP contribution in [0, 0.1) is 3.57 Å². The van der Waals surface area contributed by atoms with Crippen molar-refractivity contribution in [1.82, 2.24) is 10.9 Å². The van der Waals surface area contributed by atoms with Crippen molar-refractivity contribution in [2.75, 3.05) is 0 Å². The molecule has 2 N–H and O–H groups in total. The molecule has 0 fully saturated rings. The lowest BCUT2D eigenvalue weighted by Gasteiger charge is -2.21. The van der Waals surface area contributed by atoms with Gasteiger partial charge in [-0.25, -0.2) is 0 Å². The molecule has 2 amide bonds. The van der Waals surface area contributed by atoms with Crippen LogP contribution in [0.5, 0.6) is 5.75 Å². The van der Waals surface area contributed by atoms with Crippen LogP contribution in [-0.2, 0) is 4.79 Å². The lowest BCUT2D eigenvalue weighted by atomic mass is 9.98. The molecule has 2 unspecified atom stereocenters. The minimum Gasteiger partial charge on any atom is -0.480 e. The molecule has 0 aromatic heterocycles. The lowest BCUT2D eigenvalue weighted by molar-refractivity contribution is -0.128. The summed E-state index contributed by atoms with van der Waals surface area (Å²) in [6, 6.07) is 14.9. The third-order valence-electron chi connectivity index (χ3n) is 4.41. The summed E-state index contributed by atoms with van der Waals surface area (Å²) in [6.45, 7) is 6.12. The molecule has 0 radical (unpaired) electrons. The first-order valence-electron chi connectivity index (χ1n) is 9.08. The first-order chi connectivity index (χ1) is 13.0. The van der Waals surface area contributed by atoms with E-state index in [0.717, 1.165) is 15.6 Å². The van der Waals surface area contributed by atoms with Crippen molar-refractivity contribution in [2.24, 2.45) is 0 Å². The predicted molar refractivity (Wildman–Crippen MR) is 115 cm³/mol. The van der Waals surface area contributed by atoms with Crippen LogP contribution in [0.4, 0.5) is 0 Å². The molecule has 0 saturated heterocycles. The maximum atomic E-state index is 12.5. The highest BCUT2D eigenvalue weighted by molar-refractivity contribution is 14.1. The highest BCUT2D eigenvalue weighted by Crippen LogP contribution is 2.29. The third kappa shape index (κ3) is 5.69. The zero-order valence-electron chi connectivity index (χ0n) is 15.8. The Kier molecular flexibility index (Phi) is 8.09. The van der Waals surface area contributed by atoms with Crippen molar-refractivity contribution < 1.29 is 14.3 Å². The minimum absolute atomic E-state index is 0.335. The Bertz CT molecular complexity index is 795. The highest BCUT2D eigenvalue weighted by Gasteiger charge is 2.21. The summed E-state index contributed by atoms with van der Waals surface area (Å²) in [6.07, 6.45) is 0.777. The monoisotopic (exact) mass is 480 g/mol. The van der Waals surface area contributed by atoms with Gasteiger partial charge in [0.15, 0.2) is 6.10 Å². The topological polar surface area (TPSA) is 67.4 Å². The second kappa shape index (κ2) is 10.3. The lowest BCUT2D eigenvalue weighted by Crippen LogP contribution is -2.48. The molecule has 0 aliphatic heterocycles. The van der Waals surface area contributed by atoms with E-state index in [4.69, 9.17) is 4.74 Å². The SMILES string of the molecule is CCC(Oc1ccccc1C(C)CC)C(=O)NNC(=O)c1ccccc1I. The quantitative estimate of drug-likeness (QED) is 0.456. The van der Waals surface area contributed by atoms with Gasteiger partial charge >= 0.3 is 0 Å². The number of hydrogen-bond acceptors (Lipinski definition) is 3. The van der Waals surface area contributed by atoms with Crippen LogP contribution >= 0.6 is 22.6 Å². The number of ether oxygens (including phenoxy) is 1. The molecule has 5 nitrogen and oxygen atoms in total. The van der Waals surface area contributed by atoms with E-state index in [2.05, 4.69) is 47.3 Å². The van der Waals surface area contributed by atoms with E-state index in [9.17, 15) is 9.59 Å². The number of rotatable bonds is 7. The number of nitrogens with one attached hydrogen (secondary N) is 2. The Morgan fingerprint density at radius 2 is 1.67 bits per heavy atom. The molecule has 0 aliphatic carbocycles. The zero-order chi connectivity index (χ0) is 19.8. The third-order valence-corrected chi connectivity index (χ3v) is 5.35. The van der Waals surface area contributed by atoms with Crippen LogP contribution < -0.4 is 15.6 Å². The predicted octanol–water partition coefficient (Wildman–Crippen LogP) is 4.42. The van der Waals surface area contributed by atoms with Crippen molar-refractivity contribution in [3.63, 3.8) is 0 Å². The zero-order valence-corrected chi connectivity index (χ0v) is 17.9. The Morgan fingerprint density at radius 3 is 2.33 bits per heavy atom. The largest absolute Gasteiger partial charge is 0.480 e. The van der Waals surface area contributed by atoms with Gasteiger partial charge in [0.1, 0.15) is 5.75 Å². The average Bonchev–Trinajstić information content (AvgIpc) is 2.70. The van der Waals surface area contributed by atoms with E-state index in [-0.39, 0.29) is 11.8 Å². The number of carbonyl (C=O) groups excluding carboxylic acids is 2. The van der Waals surface area contributed by atoms with E-state index >= 15 is 0 Å². The second-order valence-corrected chi connectivity index (χ2v) is 7.45. The first kappa shape index (κ1) is 21.2. The number of hydrazine groups is 1. The Balaban J connectivity index is 2.02. The van der Waals surface area contributed by atoms with Crippen molar-refractivity contribution in [2.45, 2.75) is 45.6 Å². The molecule has 0 bridgehead atoms. The van der Waals surface area contributed by atoms with Gasteiger partial charge in [-0.05, 0) is 65.1 Å². The molecular formula is C21H25IN2O3. The van der Waals surface area contributed by atoms with Gasteiger partial charge < -0.3 is 4.74 Å². The van der Waals surface area contributed by atoms with Gasteiger partial charge in [0.05, 0.1) is 5.56 Å². The van der Waals surface area contributed by atoms with Gasteiger partial charge in [-0.3, -0.25) is 20.4 Å². The van der Waals surface area contributed by atoms with Crippen molar-refractivity contribution in [3.05, 3.63) is 63.2 Å². The summed E-state index contributed by atoms with van der Waals surface area (Å²) in [5.74, 6) is 0.304. The van der Waals surface area contributed by atoms with Crippen LogP contribution in [0.1, 0.15) is 55.5 Å². The smallest absolute Gasteiger partial charge is 0.279 e. The van der Waals surface area contributed by atoms with E-state index in [1.165, 1.54) is 0 Å². The van der Waals surface area contributed by atoms with Gasteiger partial charge in [0, 0.05) is 3.57 Å². The van der Waals surface area contributed by atoms with Crippen LogP contribution in [0.2, 0.25) is 0 Å². The summed E-state index contributed by atoms with van der Waals surface area (Å²) in [7, 11) is 0. The number of para-hydroxylation sites is 1. The number of amides is 2. The summed E-state index contributed by atoms with van der Waals surface area (Å²) < 4.78 is 6.79. The number of benzene rings is 2. The maximum Gasteiger partial charge on any atom is 0.279 e. The van der Waals surface area contributed by atoms with Gasteiger partial charge in [-0.15, -0.1) is 0 Å². The fourth-order valence-electron chi connectivity index (χ4n) is 2.60. The molecule has 0 heterocycles. The van der Waals surface area contributed by atoms with Crippen LogP contribution in [0.15, 0.2) is 48.5 Å². The minimum atomic E-state index is -0.689. The highest BCUT2D eigenvalue weighted by atomic mass is 127. The molecular weight excluding hydrogens is 455 g/mol. The van der Waals surface area contributed by atoms with Crippen molar-refractivity contribution in [1.29, 1.82) is 0 Å². The van der Waals surface area contributed by atoms with E-state index < -0.39 is 6.10 Å². The Labute approximate surface area is 174 Å². The van der Waals surface area contributed by atoms with Gasteiger partial charge in [-0.1, -0.05) is 51.1 Å². The molecule has 27 heavy (non-hydrogen) atoms. The molecule has 2 aromatic carbocycles. The fourth-order valence-corrected chi connectivity index (χ4v) is 3.23. The Morgan fingerprint density at radius 1 is 1.00 bits per heavy atom. The molecule has 0 spiro atoms. The number of carbonyl (C=O) groups is 2. The van der Waals surface area contributed by atoms with Gasteiger partial charge in [-0.2, -0.15) is 0 Å². The van der Waals surface area contributed by atoms with E-state index in [1.807, 2.05) is 43.3 Å². The van der Waals surface area contributed by atoms with E-state index in [1.54, 1.807) is 12.1 Å². The summed E-state index contributed by atoms with van der Waals surface area (Å²) >= 11 is 2.08. The van der Waals surface area contributed by atoms with E-state index in [0.29, 0.717) is 23.7 Å². The molecule has 6 heteroatoms. The molecule has 2 aromatic rings. The second-order valence-electron chi connectivity index (χ2n) is 6.29.